The highest BCUT2D eigenvalue weighted by Crippen LogP contribution is 2.50. The number of hydrogen-bond donors (Lipinski definition) is 3. The van der Waals surface area contributed by atoms with Crippen LogP contribution in [-0.2, 0) is 4.79 Å². The minimum absolute atomic E-state index is 0.0519. The van der Waals surface area contributed by atoms with Gasteiger partial charge in [0, 0.05) is 37.5 Å². The summed E-state index contributed by atoms with van der Waals surface area (Å²) < 4.78 is 15.2. The van der Waals surface area contributed by atoms with Gasteiger partial charge in [0.05, 0.1) is 22.0 Å². The summed E-state index contributed by atoms with van der Waals surface area (Å²) in [7, 11) is 0. The van der Waals surface area contributed by atoms with Crippen LogP contribution in [0.3, 0.4) is 0 Å². The molecular weight excluding hydrogens is 399 g/mol. The van der Waals surface area contributed by atoms with Crippen molar-refractivity contribution in [2.45, 2.75) is 45.3 Å². The second-order valence-corrected chi connectivity index (χ2v) is 9.35. The number of carbonyl (C=O) groups is 1. The lowest BCUT2D eigenvalue weighted by atomic mass is 9.79. The number of nitrogens with zero attached hydrogens (tertiary/aromatic N) is 2. The third-order valence-corrected chi connectivity index (χ3v) is 6.89. The van der Waals surface area contributed by atoms with Crippen LogP contribution in [0.25, 0.3) is 0 Å². The maximum Gasteiger partial charge on any atom is 0.336 e. The Labute approximate surface area is 174 Å². The molecule has 2 aliphatic heterocycles. The smallest absolute Gasteiger partial charge is 0.336 e. The number of aliphatic hydroxyl groups is 2. The molecule has 6 nitrogen and oxygen atoms in total. The average Bonchev–Trinajstić information content (AvgIpc) is 3.39. The van der Waals surface area contributed by atoms with E-state index in [1.54, 1.807) is 4.90 Å². The summed E-state index contributed by atoms with van der Waals surface area (Å²) >= 11 is 6.71. The van der Waals surface area contributed by atoms with E-state index in [9.17, 15) is 20.1 Å². The van der Waals surface area contributed by atoms with E-state index in [2.05, 4.69) is 0 Å². The number of halogens is 2. The Kier molecular flexibility index (Phi) is 5.04. The van der Waals surface area contributed by atoms with Crippen LogP contribution >= 0.6 is 11.6 Å². The molecule has 3 aliphatic rings. The van der Waals surface area contributed by atoms with Gasteiger partial charge in [-0.05, 0) is 36.7 Å². The number of carboxylic acids is 1. The molecule has 0 radical (unpaired) electrons. The Balaban J connectivity index is 1.76. The van der Waals surface area contributed by atoms with Gasteiger partial charge in [-0.15, -0.1) is 0 Å². The molecule has 2 fully saturated rings. The van der Waals surface area contributed by atoms with Crippen molar-refractivity contribution in [2.75, 3.05) is 29.5 Å². The van der Waals surface area contributed by atoms with E-state index in [0.29, 0.717) is 18.8 Å². The molecule has 1 aromatic rings. The summed E-state index contributed by atoms with van der Waals surface area (Å²) in [5, 5.41) is 29.9. The van der Waals surface area contributed by atoms with E-state index >= 15 is 4.39 Å². The second kappa shape index (κ2) is 7.15. The molecule has 0 spiro atoms. The Morgan fingerprint density at radius 2 is 2.00 bits per heavy atom. The molecule has 8 heteroatoms. The topological polar surface area (TPSA) is 84.2 Å². The van der Waals surface area contributed by atoms with E-state index in [-0.39, 0.29) is 45.8 Å². The van der Waals surface area contributed by atoms with Crippen LogP contribution in [0.15, 0.2) is 17.8 Å². The predicted octanol–water partition coefficient (Wildman–Crippen LogP) is 3.31. The number of aliphatic carboxylic acids is 1. The van der Waals surface area contributed by atoms with Gasteiger partial charge in [0.2, 0.25) is 0 Å². The summed E-state index contributed by atoms with van der Waals surface area (Å²) in [6, 6.07) is 1.32. The summed E-state index contributed by atoms with van der Waals surface area (Å²) in [6.07, 6.45) is 2.59. The molecule has 29 heavy (non-hydrogen) atoms. The first kappa shape index (κ1) is 20.4. The third kappa shape index (κ3) is 3.39. The van der Waals surface area contributed by atoms with Gasteiger partial charge in [-0.25, -0.2) is 9.18 Å². The molecule has 0 amide bonds. The Hall–Kier alpha value is -1.83. The first-order valence-electron chi connectivity index (χ1n) is 9.94. The highest BCUT2D eigenvalue weighted by molar-refractivity contribution is 6.36. The number of benzene rings is 1. The fraction of sp³-hybridized carbons (Fsp3) is 0.571. The minimum atomic E-state index is -1.43. The first-order valence-corrected chi connectivity index (χ1v) is 10.3. The van der Waals surface area contributed by atoms with Crippen molar-refractivity contribution < 1.29 is 24.5 Å². The fourth-order valence-electron chi connectivity index (χ4n) is 4.37. The van der Waals surface area contributed by atoms with Crippen LogP contribution in [0, 0.1) is 17.2 Å². The SMILES string of the molecule is CC(C)(CO)C1CCN(c2c(F)cc3c(c2Cl)N(C2CC2)C=C(C(=O)O)C3O)C1. The van der Waals surface area contributed by atoms with Crippen molar-refractivity contribution in [3.63, 3.8) is 0 Å². The summed E-state index contributed by atoms with van der Waals surface area (Å²) in [5.74, 6) is -1.61. The quantitative estimate of drug-likeness (QED) is 0.672. The number of aliphatic hydroxyl groups excluding tert-OH is 2. The molecule has 2 unspecified atom stereocenters. The van der Waals surface area contributed by atoms with Crippen molar-refractivity contribution in [3.8, 4) is 0 Å². The van der Waals surface area contributed by atoms with Crippen LogP contribution in [-0.4, -0.2) is 47.0 Å². The van der Waals surface area contributed by atoms with Gasteiger partial charge >= 0.3 is 5.97 Å². The number of rotatable bonds is 5. The molecule has 2 atom stereocenters. The molecule has 1 aromatic carbocycles. The Bertz CT molecular complexity index is 884. The molecule has 1 aliphatic carbocycles. The van der Waals surface area contributed by atoms with Crippen LogP contribution < -0.4 is 9.80 Å². The molecule has 158 valence electrons. The van der Waals surface area contributed by atoms with Crippen LogP contribution in [0.2, 0.25) is 5.02 Å². The van der Waals surface area contributed by atoms with Gasteiger partial charge in [0.15, 0.2) is 0 Å². The minimum Gasteiger partial charge on any atom is -0.478 e. The zero-order valence-corrected chi connectivity index (χ0v) is 17.3. The van der Waals surface area contributed by atoms with Crippen molar-refractivity contribution in [2.24, 2.45) is 11.3 Å². The highest BCUT2D eigenvalue weighted by atomic mass is 35.5. The van der Waals surface area contributed by atoms with Gasteiger partial charge in [-0.1, -0.05) is 25.4 Å². The summed E-state index contributed by atoms with van der Waals surface area (Å²) in [5.41, 5.74) is 0.508. The lowest BCUT2D eigenvalue weighted by molar-refractivity contribution is -0.133. The van der Waals surface area contributed by atoms with Crippen molar-refractivity contribution in [3.05, 3.63) is 34.2 Å². The lowest BCUT2D eigenvalue weighted by Crippen LogP contribution is -2.32. The van der Waals surface area contributed by atoms with E-state index in [1.807, 2.05) is 18.7 Å². The van der Waals surface area contributed by atoms with Crippen LogP contribution in [0.4, 0.5) is 15.8 Å². The van der Waals surface area contributed by atoms with E-state index in [0.717, 1.165) is 19.3 Å². The first-order chi connectivity index (χ1) is 13.7. The Morgan fingerprint density at radius 3 is 2.59 bits per heavy atom. The van der Waals surface area contributed by atoms with Gasteiger partial charge in [-0.2, -0.15) is 0 Å². The summed E-state index contributed by atoms with van der Waals surface area (Å²) in [4.78, 5) is 15.2. The van der Waals surface area contributed by atoms with Gasteiger partial charge in [0.1, 0.15) is 11.9 Å². The van der Waals surface area contributed by atoms with Crippen molar-refractivity contribution >= 4 is 28.9 Å². The lowest BCUT2D eigenvalue weighted by Gasteiger charge is -2.35. The van der Waals surface area contributed by atoms with Gasteiger partial charge in [0.25, 0.3) is 0 Å². The van der Waals surface area contributed by atoms with Gasteiger partial charge < -0.3 is 25.1 Å². The number of hydrogen-bond acceptors (Lipinski definition) is 5. The highest BCUT2D eigenvalue weighted by Gasteiger charge is 2.41. The number of fused-ring (bicyclic) bond motifs is 1. The molecule has 0 bridgehead atoms. The van der Waals surface area contributed by atoms with Crippen molar-refractivity contribution in [1.82, 2.24) is 0 Å². The molecule has 1 saturated heterocycles. The third-order valence-electron chi connectivity index (χ3n) is 6.53. The fourth-order valence-corrected chi connectivity index (χ4v) is 4.79. The molecule has 2 heterocycles. The maximum atomic E-state index is 15.2. The molecule has 1 saturated carbocycles. The predicted molar refractivity (Wildman–Crippen MR) is 109 cm³/mol. The standard InChI is InChI=1S/C21H26ClFN2O4/c1-21(2,10-26)11-5-6-24(8-11)18-15(23)7-13-17(16(18)22)25(12-3-4-12)9-14(19(13)27)20(28)29/h7,9,11-12,19,26-27H,3-6,8,10H2,1-2H3,(H,28,29). The molecule has 0 aromatic heterocycles. The van der Waals surface area contributed by atoms with Gasteiger partial charge in [-0.3, -0.25) is 0 Å². The normalized spacial score (nSPS) is 24.6. The maximum absolute atomic E-state index is 15.2. The summed E-state index contributed by atoms with van der Waals surface area (Å²) in [6.45, 7) is 5.23. The molecule has 3 N–H and O–H groups in total. The average molecular weight is 425 g/mol. The van der Waals surface area contributed by atoms with E-state index < -0.39 is 17.9 Å². The zero-order chi connectivity index (χ0) is 21.1. The van der Waals surface area contributed by atoms with Crippen LogP contribution in [0.5, 0.6) is 0 Å². The molecular formula is C21H26ClFN2O4. The molecule has 4 rings (SSSR count). The van der Waals surface area contributed by atoms with E-state index in [4.69, 9.17) is 11.6 Å². The number of anilines is 2. The largest absolute Gasteiger partial charge is 0.478 e. The second-order valence-electron chi connectivity index (χ2n) is 8.97. The van der Waals surface area contributed by atoms with Crippen LogP contribution in [0.1, 0.15) is 44.8 Å². The zero-order valence-electron chi connectivity index (χ0n) is 16.5. The monoisotopic (exact) mass is 424 g/mol. The van der Waals surface area contributed by atoms with E-state index in [1.165, 1.54) is 12.3 Å². The number of carboxylic acid groups (broad SMARTS) is 1. The van der Waals surface area contributed by atoms with Crippen molar-refractivity contribution in [1.29, 1.82) is 0 Å². The Morgan fingerprint density at radius 1 is 1.31 bits per heavy atom.